The number of aromatic hydroxyl groups is 2. The number of carbonyl (C=O) groups is 1. The maximum Gasteiger partial charge on any atom is 0.323 e. The highest BCUT2D eigenvalue weighted by molar-refractivity contribution is 7.21. The number of nitrogens with one attached hydrogen (secondary N) is 2. The molecule has 0 radical (unpaired) electrons. The second-order valence-electron chi connectivity index (χ2n) is 6.38. The normalized spacial score (nSPS) is 10.8. The van der Waals surface area contributed by atoms with Crippen LogP contribution in [0.25, 0.3) is 20.8 Å². The van der Waals surface area contributed by atoms with Gasteiger partial charge in [-0.1, -0.05) is 6.07 Å². The fourth-order valence-corrected chi connectivity index (χ4v) is 3.88. The molecular weight excluding hydrogens is 374 g/mol. The van der Waals surface area contributed by atoms with E-state index in [1.54, 1.807) is 23.5 Å². The molecule has 0 unspecified atom stereocenters. The average Bonchev–Trinajstić information content (AvgIpc) is 3.04. The Bertz CT molecular complexity index is 1150. The van der Waals surface area contributed by atoms with E-state index in [0.29, 0.717) is 5.69 Å². The van der Waals surface area contributed by atoms with Gasteiger partial charge in [-0.25, -0.2) is 9.78 Å². The summed E-state index contributed by atoms with van der Waals surface area (Å²) in [4.78, 5) is 16.8. The summed E-state index contributed by atoms with van der Waals surface area (Å²) in [5.41, 5.74) is 4.05. The van der Waals surface area contributed by atoms with Crippen LogP contribution in [0.1, 0.15) is 5.56 Å². The minimum atomic E-state index is -0.479. The molecule has 3 aromatic carbocycles. The third-order valence-electron chi connectivity index (χ3n) is 4.09. The molecule has 0 atom stereocenters. The number of hydrogen-bond acceptors (Lipinski definition) is 5. The zero-order chi connectivity index (χ0) is 19.7. The van der Waals surface area contributed by atoms with Crippen LogP contribution in [-0.4, -0.2) is 21.2 Å². The number of aromatic nitrogens is 1. The summed E-state index contributed by atoms with van der Waals surface area (Å²) in [6.45, 7) is 2.06. The maximum atomic E-state index is 12.1. The molecule has 0 spiro atoms. The molecule has 0 aliphatic heterocycles. The Morgan fingerprint density at radius 2 is 1.57 bits per heavy atom. The van der Waals surface area contributed by atoms with Crippen molar-refractivity contribution in [2.45, 2.75) is 6.92 Å². The number of aryl methyl sites for hydroxylation is 1. The Morgan fingerprint density at radius 1 is 0.893 bits per heavy atom. The van der Waals surface area contributed by atoms with Crippen molar-refractivity contribution in [2.75, 3.05) is 10.6 Å². The number of amides is 2. The largest absolute Gasteiger partial charge is 0.508 e. The van der Waals surface area contributed by atoms with Gasteiger partial charge in [0.05, 0.1) is 10.2 Å². The minimum absolute atomic E-state index is 0.134. The number of phenolic OH excluding ortho intramolecular Hbond substituents is 2. The lowest BCUT2D eigenvalue weighted by Gasteiger charge is -2.09. The van der Waals surface area contributed by atoms with Crippen LogP contribution in [-0.2, 0) is 0 Å². The van der Waals surface area contributed by atoms with E-state index < -0.39 is 6.03 Å². The smallest absolute Gasteiger partial charge is 0.323 e. The fraction of sp³-hybridized carbons (Fsp3) is 0.0476. The molecule has 2 amide bonds. The summed E-state index contributed by atoms with van der Waals surface area (Å²) in [5, 5.41) is 25.1. The van der Waals surface area contributed by atoms with Crippen molar-refractivity contribution in [3.8, 4) is 22.1 Å². The summed E-state index contributed by atoms with van der Waals surface area (Å²) in [6, 6.07) is 17.0. The number of anilines is 2. The number of fused-ring (bicyclic) bond motifs is 1. The number of carbonyl (C=O) groups excluding carboxylic acids is 1. The van der Waals surface area contributed by atoms with Gasteiger partial charge in [0.25, 0.3) is 0 Å². The molecule has 0 bridgehead atoms. The standard InChI is InChI=1S/C21H17N3O3S/c1-12-2-7-18-19(8-12)28-20(24-18)13-3-5-14(6-4-13)22-21(27)23-15-9-16(25)11-17(26)10-15/h2-11,25-26H,1H3,(H2,22,23,27). The van der Waals surface area contributed by atoms with Crippen molar-refractivity contribution < 1.29 is 15.0 Å². The topological polar surface area (TPSA) is 94.5 Å². The first-order valence-electron chi connectivity index (χ1n) is 8.55. The molecule has 4 aromatic rings. The molecular formula is C21H17N3O3S. The molecule has 0 fully saturated rings. The van der Waals surface area contributed by atoms with Gasteiger partial charge < -0.3 is 20.8 Å². The van der Waals surface area contributed by atoms with E-state index in [9.17, 15) is 15.0 Å². The fourth-order valence-electron chi connectivity index (χ4n) is 2.81. The lowest BCUT2D eigenvalue weighted by molar-refractivity contribution is 0.262. The third kappa shape index (κ3) is 3.89. The predicted molar refractivity (Wildman–Crippen MR) is 112 cm³/mol. The lowest BCUT2D eigenvalue weighted by atomic mass is 10.2. The monoisotopic (exact) mass is 391 g/mol. The lowest BCUT2D eigenvalue weighted by Crippen LogP contribution is -2.19. The third-order valence-corrected chi connectivity index (χ3v) is 5.16. The van der Waals surface area contributed by atoms with Gasteiger partial charge in [-0.2, -0.15) is 0 Å². The number of benzene rings is 3. The van der Waals surface area contributed by atoms with Gasteiger partial charge in [-0.05, 0) is 48.9 Å². The van der Waals surface area contributed by atoms with Gasteiger partial charge in [0.1, 0.15) is 16.5 Å². The Hall–Kier alpha value is -3.58. The van der Waals surface area contributed by atoms with Gasteiger partial charge >= 0.3 is 6.03 Å². The van der Waals surface area contributed by atoms with Gasteiger partial charge in [-0.3, -0.25) is 0 Å². The molecule has 4 N–H and O–H groups in total. The molecule has 140 valence electrons. The van der Waals surface area contributed by atoms with Crippen LogP contribution in [0, 0.1) is 6.92 Å². The number of hydrogen-bond donors (Lipinski definition) is 4. The van der Waals surface area contributed by atoms with Crippen molar-refractivity contribution in [3.63, 3.8) is 0 Å². The number of rotatable bonds is 3. The zero-order valence-electron chi connectivity index (χ0n) is 14.9. The van der Waals surface area contributed by atoms with Gasteiger partial charge in [0.15, 0.2) is 0 Å². The van der Waals surface area contributed by atoms with Crippen LogP contribution in [0.15, 0.2) is 60.7 Å². The highest BCUT2D eigenvalue weighted by atomic mass is 32.1. The van der Waals surface area contributed by atoms with Crippen molar-refractivity contribution in [1.29, 1.82) is 0 Å². The number of phenols is 2. The molecule has 7 heteroatoms. The van der Waals surface area contributed by atoms with E-state index in [1.807, 2.05) is 24.3 Å². The van der Waals surface area contributed by atoms with Crippen molar-refractivity contribution in [3.05, 3.63) is 66.2 Å². The molecule has 28 heavy (non-hydrogen) atoms. The van der Waals surface area contributed by atoms with Gasteiger partial charge in [0.2, 0.25) is 0 Å². The zero-order valence-corrected chi connectivity index (χ0v) is 15.7. The maximum absolute atomic E-state index is 12.1. The van der Waals surface area contributed by atoms with E-state index in [2.05, 4.69) is 28.6 Å². The molecule has 4 rings (SSSR count). The van der Waals surface area contributed by atoms with E-state index in [4.69, 9.17) is 0 Å². The first-order valence-corrected chi connectivity index (χ1v) is 9.36. The Labute approximate surface area is 165 Å². The van der Waals surface area contributed by atoms with Crippen LogP contribution in [0.3, 0.4) is 0 Å². The summed E-state index contributed by atoms with van der Waals surface area (Å²) in [7, 11) is 0. The number of thiazole rings is 1. The molecule has 0 saturated heterocycles. The second-order valence-corrected chi connectivity index (χ2v) is 7.42. The van der Waals surface area contributed by atoms with Crippen LogP contribution in [0.4, 0.5) is 16.2 Å². The highest BCUT2D eigenvalue weighted by Crippen LogP contribution is 2.31. The Balaban J connectivity index is 1.47. The molecule has 1 aromatic heterocycles. The summed E-state index contributed by atoms with van der Waals surface area (Å²) in [6.07, 6.45) is 0. The quantitative estimate of drug-likeness (QED) is 0.380. The first-order chi connectivity index (χ1) is 13.5. The molecule has 0 aliphatic rings. The minimum Gasteiger partial charge on any atom is -0.508 e. The van der Waals surface area contributed by atoms with E-state index in [0.717, 1.165) is 20.8 Å². The summed E-state index contributed by atoms with van der Waals surface area (Å²) < 4.78 is 1.14. The number of nitrogens with zero attached hydrogens (tertiary/aromatic N) is 1. The van der Waals surface area contributed by atoms with Crippen molar-refractivity contribution >= 4 is 39.0 Å². The molecule has 0 saturated carbocycles. The van der Waals surface area contributed by atoms with E-state index in [1.165, 1.54) is 23.8 Å². The average molecular weight is 391 g/mol. The van der Waals surface area contributed by atoms with Crippen LogP contribution >= 0.6 is 11.3 Å². The van der Waals surface area contributed by atoms with Crippen LogP contribution in [0.2, 0.25) is 0 Å². The molecule has 0 aliphatic carbocycles. The summed E-state index contributed by atoms with van der Waals surface area (Å²) >= 11 is 1.63. The van der Waals surface area contributed by atoms with Crippen LogP contribution in [0.5, 0.6) is 11.5 Å². The van der Waals surface area contributed by atoms with Crippen molar-refractivity contribution in [1.82, 2.24) is 4.98 Å². The van der Waals surface area contributed by atoms with Gasteiger partial charge in [-0.15, -0.1) is 11.3 Å². The SMILES string of the molecule is Cc1ccc2nc(-c3ccc(NC(=O)Nc4cc(O)cc(O)c4)cc3)sc2c1. The Kier molecular flexibility index (Phi) is 4.58. The van der Waals surface area contributed by atoms with Crippen LogP contribution < -0.4 is 10.6 Å². The summed E-state index contributed by atoms with van der Waals surface area (Å²) in [5.74, 6) is -0.267. The second kappa shape index (κ2) is 7.21. The number of urea groups is 1. The van der Waals surface area contributed by atoms with Crippen molar-refractivity contribution in [2.24, 2.45) is 0 Å². The van der Waals surface area contributed by atoms with Gasteiger partial charge in [0, 0.05) is 35.1 Å². The predicted octanol–water partition coefficient (Wildman–Crippen LogP) is 5.33. The Morgan fingerprint density at radius 3 is 2.29 bits per heavy atom. The first kappa shape index (κ1) is 17.8. The molecule has 6 nitrogen and oxygen atoms in total. The molecule has 1 heterocycles. The van der Waals surface area contributed by atoms with E-state index >= 15 is 0 Å². The highest BCUT2D eigenvalue weighted by Gasteiger charge is 2.08. The van der Waals surface area contributed by atoms with E-state index in [-0.39, 0.29) is 17.2 Å².